The van der Waals surface area contributed by atoms with Crippen LogP contribution >= 0.6 is 43.2 Å². The second-order valence-electron chi connectivity index (χ2n) is 3.52. The maximum atomic E-state index is 12.2. The highest BCUT2D eigenvalue weighted by Crippen LogP contribution is 2.33. The molecule has 0 saturated carbocycles. The summed E-state index contributed by atoms with van der Waals surface area (Å²) in [5.74, 6) is 0.139. The Balaban J connectivity index is 2.81. The van der Waals surface area contributed by atoms with Gasteiger partial charge < -0.3 is 4.90 Å². The van der Waals surface area contributed by atoms with E-state index in [0.717, 1.165) is 39.1 Å². The van der Waals surface area contributed by atoms with Crippen molar-refractivity contribution in [3.05, 3.63) is 19.2 Å². The van der Waals surface area contributed by atoms with Gasteiger partial charge in [-0.1, -0.05) is 13.8 Å². The third-order valence-corrected chi connectivity index (χ3v) is 5.37. The molecule has 0 N–H and O–H groups in total. The van der Waals surface area contributed by atoms with Crippen LogP contribution in [0.15, 0.2) is 14.3 Å². The van der Waals surface area contributed by atoms with Gasteiger partial charge in [-0.15, -0.1) is 11.3 Å². The molecule has 0 aliphatic heterocycles. The number of amides is 1. The molecule has 0 aliphatic carbocycles. The Bertz CT molecular complexity index is 339. The zero-order valence-electron chi connectivity index (χ0n) is 9.43. The molecule has 0 saturated heterocycles. The summed E-state index contributed by atoms with van der Waals surface area (Å²) < 4.78 is 1.93. The fraction of sp³-hybridized carbons (Fsp3) is 0.545. The first kappa shape index (κ1) is 14.2. The zero-order valence-corrected chi connectivity index (χ0v) is 13.4. The van der Waals surface area contributed by atoms with Gasteiger partial charge in [-0.25, -0.2) is 0 Å². The van der Waals surface area contributed by atoms with Gasteiger partial charge in [0.1, 0.15) is 0 Å². The Labute approximate surface area is 117 Å². The van der Waals surface area contributed by atoms with E-state index in [-0.39, 0.29) is 5.91 Å². The van der Waals surface area contributed by atoms with Gasteiger partial charge in [-0.2, -0.15) is 0 Å². The fourth-order valence-corrected chi connectivity index (χ4v) is 3.47. The van der Waals surface area contributed by atoms with Crippen molar-refractivity contribution >= 4 is 49.1 Å². The maximum Gasteiger partial charge on any atom is 0.263 e. The van der Waals surface area contributed by atoms with E-state index in [4.69, 9.17) is 0 Å². The highest BCUT2D eigenvalue weighted by Gasteiger charge is 2.17. The molecule has 0 atom stereocenters. The smallest absolute Gasteiger partial charge is 0.263 e. The Kier molecular flexibility index (Phi) is 6.00. The molecule has 1 aromatic heterocycles. The van der Waals surface area contributed by atoms with E-state index in [0.29, 0.717) is 0 Å². The van der Waals surface area contributed by atoms with Crippen molar-refractivity contribution in [1.29, 1.82) is 0 Å². The summed E-state index contributed by atoms with van der Waals surface area (Å²) in [6, 6.07) is 1.88. The Morgan fingerprint density at radius 2 is 1.88 bits per heavy atom. The molecule has 1 heterocycles. The molecule has 1 aromatic rings. The van der Waals surface area contributed by atoms with Gasteiger partial charge in [0, 0.05) is 17.6 Å². The Hall–Kier alpha value is 0.130. The normalized spacial score (nSPS) is 10.5. The molecule has 0 spiro atoms. The SMILES string of the molecule is CCCN(CCC)C(=O)c1cc(Br)c(Br)s1. The van der Waals surface area contributed by atoms with Gasteiger partial charge in [0.25, 0.3) is 5.91 Å². The first-order valence-electron chi connectivity index (χ1n) is 5.34. The molecule has 0 aromatic carbocycles. The average Bonchev–Trinajstić information content (AvgIpc) is 2.58. The minimum atomic E-state index is 0.139. The summed E-state index contributed by atoms with van der Waals surface area (Å²) in [6.45, 7) is 5.85. The number of rotatable bonds is 5. The minimum Gasteiger partial charge on any atom is -0.338 e. The van der Waals surface area contributed by atoms with Crippen LogP contribution in [0.2, 0.25) is 0 Å². The van der Waals surface area contributed by atoms with Crippen molar-refractivity contribution in [3.63, 3.8) is 0 Å². The van der Waals surface area contributed by atoms with E-state index in [2.05, 4.69) is 45.7 Å². The predicted octanol–water partition coefficient (Wildman–Crippen LogP) is 4.54. The summed E-state index contributed by atoms with van der Waals surface area (Å²) in [7, 11) is 0. The quantitative estimate of drug-likeness (QED) is 0.747. The van der Waals surface area contributed by atoms with Crippen LogP contribution in [-0.4, -0.2) is 23.9 Å². The number of carbonyl (C=O) groups excluding carboxylic acids is 1. The van der Waals surface area contributed by atoms with Crippen molar-refractivity contribution in [1.82, 2.24) is 4.90 Å². The van der Waals surface area contributed by atoms with E-state index in [1.165, 1.54) is 11.3 Å². The van der Waals surface area contributed by atoms with Crippen LogP contribution < -0.4 is 0 Å². The van der Waals surface area contributed by atoms with E-state index >= 15 is 0 Å². The molecular weight excluding hydrogens is 354 g/mol. The van der Waals surface area contributed by atoms with E-state index in [1.54, 1.807) is 0 Å². The highest BCUT2D eigenvalue weighted by atomic mass is 79.9. The van der Waals surface area contributed by atoms with Crippen LogP contribution in [0, 0.1) is 0 Å². The van der Waals surface area contributed by atoms with Crippen molar-refractivity contribution in [2.45, 2.75) is 26.7 Å². The summed E-state index contributed by atoms with van der Waals surface area (Å²) in [5.41, 5.74) is 0. The second-order valence-corrected chi connectivity index (χ2v) is 6.75. The molecular formula is C11H15Br2NOS. The van der Waals surface area contributed by atoms with E-state index in [1.807, 2.05) is 11.0 Å². The monoisotopic (exact) mass is 367 g/mol. The summed E-state index contributed by atoms with van der Waals surface area (Å²) in [5, 5.41) is 0. The van der Waals surface area contributed by atoms with Crippen molar-refractivity contribution < 1.29 is 4.79 Å². The summed E-state index contributed by atoms with van der Waals surface area (Å²) in [4.78, 5) is 14.9. The lowest BCUT2D eigenvalue weighted by molar-refractivity contribution is 0.0760. The third kappa shape index (κ3) is 3.57. The average molecular weight is 369 g/mol. The van der Waals surface area contributed by atoms with Crippen LogP contribution in [0.1, 0.15) is 36.4 Å². The van der Waals surface area contributed by atoms with Crippen molar-refractivity contribution in [3.8, 4) is 0 Å². The molecule has 2 nitrogen and oxygen atoms in total. The lowest BCUT2D eigenvalue weighted by atomic mass is 10.3. The largest absolute Gasteiger partial charge is 0.338 e. The van der Waals surface area contributed by atoms with Gasteiger partial charge >= 0.3 is 0 Å². The highest BCUT2D eigenvalue weighted by molar-refractivity contribution is 9.13. The summed E-state index contributed by atoms with van der Waals surface area (Å²) in [6.07, 6.45) is 2.00. The number of nitrogens with zero attached hydrogens (tertiary/aromatic N) is 1. The first-order valence-corrected chi connectivity index (χ1v) is 7.74. The molecule has 0 bridgehead atoms. The molecule has 0 aliphatic rings. The van der Waals surface area contributed by atoms with Gasteiger partial charge in [-0.05, 0) is 50.8 Å². The summed E-state index contributed by atoms with van der Waals surface area (Å²) >= 11 is 8.30. The van der Waals surface area contributed by atoms with Gasteiger partial charge in [0.2, 0.25) is 0 Å². The number of hydrogen-bond donors (Lipinski definition) is 0. The molecule has 90 valence electrons. The Morgan fingerprint density at radius 1 is 1.31 bits per heavy atom. The lowest BCUT2D eigenvalue weighted by Crippen LogP contribution is -2.31. The molecule has 16 heavy (non-hydrogen) atoms. The molecule has 1 rings (SSSR count). The number of hydrogen-bond acceptors (Lipinski definition) is 2. The number of carbonyl (C=O) groups is 1. The predicted molar refractivity (Wildman–Crippen MR) is 76.2 cm³/mol. The second kappa shape index (κ2) is 6.77. The first-order chi connectivity index (χ1) is 7.60. The van der Waals surface area contributed by atoms with Crippen LogP contribution in [0.5, 0.6) is 0 Å². The standard InChI is InChI=1S/C11H15Br2NOS/c1-3-5-14(6-4-2)11(15)9-7-8(12)10(13)16-9/h7H,3-6H2,1-2H3. The zero-order chi connectivity index (χ0) is 12.1. The number of thiophene rings is 1. The topological polar surface area (TPSA) is 20.3 Å². The molecule has 0 radical (unpaired) electrons. The van der Waals surface area contributed by atoms with E-state index < -0.39 is 0 Å². The minimum absolute atomic E-state index is 0.139. The number of halogens is 2. The molecule has 1 amide bonds. The van der Waals surface area contributed by atoms with Crippen LogP contribution in [0.25, 0.3) is 0 Å². The molecule has 0 unspecified atom stereocenters. The third-order valence-electron chi connectivity index (χ3n) is 2.13. The van der Waals surface area contributed by atoms with Crippen LogP contribution in [0.4, 0.5) is 0 Å². The van der Waals surface area contributed by atoms with Gasteiger partial charge in [-0.3, -0.25) is 4.79 Å². The molecule has 5 heteroatoms. The van der Waals surface area contributed by atoms with Gasteiger partial charge in [0.15, 0.2) is 0 Å². The van der Waals surface area contributed by atoms with Crippen molar-refractivity contribution in [2.24, 2.45) is 0 Å². The lowest BCUT2D eigenvalue weighted by Gasteiger charge is -2.20. The fourth-order valence-electron chi connectivity index (χ4n) is 1.46. The Morgan fingerprint density at radius 3 is 2.25 bits per heavy atom. The van der Waals surface area contributed by atoms with E-state index in [9.17, 15) is 4.79 Å². The van der Waals surface area contributed by atoms with Gasteiger partial charge in [0.05, 0.1) is 8.66 Å². The van der Waals surface area contributed by atoms with Crippen LogP contribution in [0.3, 0.4) is 0 Å². The molecule has 0 fully saturated rings. The van der Waals surface area contributed by atoms with Crippen LogP contribution in [-0.2, 0) is 0 Å². The van der Waals surface area contributed by atoms with Crippen molar-refractivity contribution in [2.75, 3.05) is 13.1 Å². The maximum absolute atomic E-state index is 12.2.